The van der Waals surface area contributed by atoms with E-state index in [2.05, 4.69) is 38.7 Å². The molecule has 0 spiro atoms. The molecule has 4 rings (SSSR count). The molecule has 2 saturated heterocycles. The van der Waals surface area contributed by atoms with Gasteiger partial charge >= 0.3 is 0 Å². The predicted molar refractivity (Wildman–Crippen MR) is 106 cm³/mol. The molecule has 0 amide bonds. The molecule has 6 heteroatoms. The maximum absolute atomic E-state index is 4.72. The molecule has 2 aromatic heterocycles. The lowest BCUT2D eigenvalue weighted by molar-refractivity contribution is 0.572. The number of hydrogen-bond donors (Lipinski definition) is 0. The second kappa shape index (κ2) is 7.48. The Morgan fingerprint density at radius 1 is 0.769 bits per heavy atom. The number of rotatable bonds is 3. The summed E-state index contributed by atoms with van der Waals surface area (Å²) in [5.74, 6) is 4.14. The van der Waals surface area contributed by atoms with Gasteiger partial charge in [-0.05, 0) is 44.7 Å². The number of anilines is 3. The number of nitrogens with zero attached hydrogens (tertiary/aromatic N) is 6. The zero-order valence-corrected chi connectivity index (χ0v) is 15.9. The number of hydrogen-bond acceptors (Lipinski definition) is 6. The number of pyridine rings is 1. The van der Waals surface area contributed by atoms with Crippen molar-refractivity contribution in [1.29, 1.82) is 0 Å². The van der Waals surface area contributed by atoms with Gasteiger partial charge in [0, 0.05) is 51.5 Å². The summed E-state index contributed by atoms with van der Waals surface area (Å²) in [4.78, 5) is 21.2. The molecule has 138 valence electrons. The first-order chi connectivity index (χ1) is 12.7. The molecular weight excluding hydrogens is 324 g/mol. The van der Waals surface area contributed by atoms with Gasteiger partial charge in [0.1, 0.15) is 23.3 Å². The first-order valence-electron chi connectivity index (χ1n) is 9.73. The van der Waals surface area contributed by atoms with Crippen LogP contribution in [0.1, 0.15) is 30.7 Å². The first kappa shape index (κ1) is 17.1. The van der Waals surface area contributed by atoms with Crippen molar-refractivity contribution >= 4 is 17.5 Å². The van der Waals surface area contributed by atoms with Gasteiger partial charge in [0.25, 0.3) is 0 Å². The molecule has 2 aromatic rings. The van der Waals surface area contributed by atoms with Crippen LogP contribution >= 0.6 is 0 Å². The van der Waals surface area contributed by atoms with Crippen LogP contribution in [0.2, 0.25) is 0 Å². The van der Waals surface area contributed by atoms with Gasteiger partial charge in [0.15, 0.2) is 0 Å². The van der Waals surface area contributed by atoms with Gasteiger partial charge in [0.05, 0.1) is 0 Å². The third-order valence-corrected chi connectivity index (χ3v) is 5.38. The van der Waals surface area contributed by atoms with Crippen LogP contribution < -0.4 is 14.7 Å². The Morgan fingerprint density at radius 2 is 1.38 bits per heavy atom. The van der Waals surface area contributed by atoms with Crippen molar-refractivity contribution in [2.75, 3.05) is 54.0 Å². The minimum Gasteiger partial charge on any atom is -0.356 e. The molecule has 2 aliphatic rings. The van der Waals surface area contributed by atoms with Crippen molar-refractivity contribution in [3.05, 3.63) is 35.8 Å². The van der Waals surface area contributed by atoms with Gasteiger partial charge in [0.2, 0.25) is 0 Å². The Kier molecular flexibility index (Phi) is 4.91. The fraction of sp³-hybridized carbons (Fsp3) is 0.550. The number of aromatic nitrogens is 3. The molecule has 6 nitrogen and oxygen atoms in total. The first-order valence-corrected chi connectivity index (χ1v) is 9.73. The second-order valence-electron chi connectivity index (χ2n) is 7.30. The summed E-state index contributed by atoms with van der Waals surface area (Å²) in [6.07, 6.45) is 5.75. The van der Waals surface area contributed by atoms with Gasteiger partial charge in [-0.25, -0.2) is 15.0 Å². The highest BCUT2D eigenvalue weighted by molar-refractivity contribution is 5.53. The van der Waals surface area contributed by atoms with Gasteiger partial charge in [-0.15, -0.1) is 0 Å². The normalized spacial score (nSPS) is 18.3. The Bertz CT molecular complexity index is 748. The lowest BCUT2D eigenvalue weighted by atomic mass is 10.1. The molecule has 2 aliphatic heterocycles. The van der Waals surface area contributed by atoms with Crippen molar-refractivity contribution in [3.63, 3.8) is 0 Å². The molecule has 0 radical (unpaired) electrons. The summed E-state index contributed by atoms with van der Waals surface area (Å²) < 4.78 is 0. The molecular formula is C20H28N6. The van der Waals surface area contributed by atoms with Crippen LogP contribution in [0.25, 0.3) is 0 Å². The second-order valence-corrected chi connectivity index (χ2v) is 7.30. The van der Waals surface area contributed by atoms with Crippen molar-refractivity contribution in [1.82, 2.24) is 15.0 Å². The van der Waals surface area contributed by atoms with E-state index in [9.17, 15) is 0 Å². The number of aryl methyl sites for hydroxylation is 2. The maximum Gasteiger partial charge on any atom is 0.134 e. The predicted octanol–water partition coefficient (Wildman–Crippen LogP) is 2.81. The molecule has 0 saturated carbocycles. The monoisotopic (exact) mass is 352 g/mol. The zero-order chi connectivity index (χ0) is 17.9. The van der Waals surface area contributed by atoms with Crippen LogP contribution in [0.15, 0.2) is 24.4 Å². The van der Waals surface area contributed by atoms with Crippen LogP contribution in [-0.2, 0) is 0 Å². The summed E-state index contributed by atoms with van der Waals surface area (Å²) in [7, 11) is 0. The molecule has 0 aliphatic carbocycles. The van der Waals surface area contributed by atoms with E-state index < -0.39 is 0 Å². The topological polar surface area (TPSA) is 48.4 Å². The lowest BCUT2D eigenvalue weighted by Gasteiger charge is -2.37. The molecule has 4 heterocycles. The molecule has 0 unspecified atom stereocenters. The Hall–Kier alpha value is -2.37. The molecule has 0 aromatic carbocycles. The van der Waals surface area contributed by atoms with Crippen molar-refractivity contribution < 1.29 is 0 Å². The minimum absolute atomic E-state index is 0.867. The maximum atomic E-state index is 4.72. The highest BCUT2D eigenvalue weighted by Crippen LogP contribution is 2.24. The quantitative estimate of drug-likeness (QED) is 0.847. The van der Waals surface area contributed by atoms with E-state index in [1.807, 2.05) is 19.2 Å². The van der Waals surface area contributed by atoms with E-state index in [0.29, 0.717) is 0 Å². The molecule has 26 heavy (non-hydrogen) atoms. The fourth-order valence-corrected chi connectivity index (χ4v) is 3.94. The highest BCUT2D eigenvalue weighted by Gasteiger charge is 2.22. The summed E-state index contributed by atoms with van der Waals surface area (Å²) in [6, 6.07) is 6.31. The van der Waals surface area contributed by atoms with Crippen LogP contribution in [0.4, 0.5) is 17.5 Å². The van der Waals surface area contributed by atoms with E-state index in [1.165, 1.54) is 24.8 Å². The average molecular weight is 352 g/mol. The zero-order valence-electron chi connectivity index (χ0n) is 15.9. The smallest absolute Gasteiger partial charge is 0.134 e. The Labute approximate surface area is 155 Å². The van der Waals surface area contributed by atoms with E-state index in [-0.39, 0.29) is 0 Å². The number of piperazine rings is 1. The van der Waals surface area contributed by atoms with Crippen molar-refractivity contribution in [2.45, 2.75) is 33.1 Å². The summed E-state index contributed by atoms with van der Waals surface area (Å²) in [6.45, 7) is 10.2. The van der Waals surface area contributed by atoms with Crippen LogP contribution in [-0.4, -0.2) is 54.2 Å². The van der Waals surface area contributed by atoms with E-state index in [1.54, 1.807) is 0 Å². The molecule has 2 fully saturated rings. The highest BCUT2D eigenvalue weighted by atomic mass is 15.3. The molecule has 0 atom stereocenters. The SMILES string of the molecule is Cc1nc(N2CCCCC2)cc(N2CCN(c3ncccc3C)CC2)n1. The third-order valence-electron chi connectivity index (χ3n) is 5.38. The molecule has 0 bridgehead atoms. The fourth-order valence-electron chi connectivity index (χ4n) is 3.94. The van der Waals surface area contributed by atoms with Crippen LogP contribution in [0.5, 0.6) is 0 Å². The van der Waals surface area contributed by atoms with Crippen molar-refractivity contribution in [3.8, 4) is 0 Å². The Balaban J connectivity index is 1.47. The standard InChI is InChI=1S/C20H28N6/c1-16-7-6-8-21-20(16)26-13-11-25(12-14-26)19-15-18(22-17(2)23-19)24-9-4-3-5-10-24/h6-8,15H,3-5,9-14H2,1-2H3. The van der Waals surface area contributed by atoms with E-state index in [0.717, 1.165) is 62.5 Å². The van der Waals surface area contributed by atoms with Gasteiger partial charge in [-0.3, -0.25) is 0 Å². The van der Waals surface area contributed by atoms with Crippen LogP contribution in [0.3, 0.4) is 0 Å². The van der Waals surface area contributed by atoms with Gasteiger partial charge < -0.3 is 14.7 Å². The van der Waals surface area contributed by atoms with E-state index >= 15 is 0 Å². The average Bonchev–Trinajstić information content (AvgIpc) is 2.69. The minimum atomic E-state index is 0.867. The summed E-state index contributed by atoms with van der Waals surface area (Å²) in [5, 5.41) is 0. The third kappa shape index (κ3) is 3.59. The van der Waals surface area contributed by atoms with Crippen LogP contribution in [0, 0.1) is 13.8 Å². The summed E-state index contributed by atoms with van der Waals surface area (Å²) in [5.41, 5.74) is 1.24. The van der Waals surface area contributed by atoms with Gasteiger partial charge in [-0.1, -0.05) is 6.07 Å². The lowest BCUT2D eigenvalue weighted by Crippen LogP contribution is -2.47. The summed E-state index contributed by atoms with van der Waals surface area (Å²) >= 11 is 0. The molecule has 0 N–H and O–H groups in total. The van der Waals surface area contributed by atoms with Crippen molar-refractivity contribution in [2.24, 2.45) is 0 Å². The number of piperidine rings is 1. The van der Waals surface area contributed by atoms with E-state index in [4.69, 9.17) is 9.97 Å². The Morgan fingerprint density at radius 3 is 2.04 bits per heavy atom. The van der Waals surface area contributed by atoms with Gasteiger partial charge in [-0.2, -0.15) is 0 Å². The largest absolute Gasteiger partial charge is 0.356 e.